The predicted molar refractivity (Wildman–Crippen MR) is 53.1 cm³/mol. The van der Waals surface area contributed by atoms with Crippen LogP contribution < -0.4 is 4.94 Å². The highest BCUT2D eigenvalue weighted by molar-refractivity contribution is 7.02. The maximum atomic E-state index is 10.6. The van der Waals surface area contributed by atoms with Gasteiger partial charge >= 0.3 is 4.94 Å². The molecule has 0 saturated heterocycles. The van der Waals surface area contributed by atoms with Crippen molar-refractivity contribution in [3.8, 4) is 11.8 Å². The molecule has 1 heterocycles. The highest BCUT2D eigenvalue weighted by Crippen LogP contribution is 1.96. The minimum absolute atomic E-state index is 0.170. The summed E-state index contributed by atoms with van der Waals surface area (Å²) in [7, 11) is 0. The Morgan fingerprint density at radius 3 is 2.64 bits per heavy atom. The second-order valence-corrected chi connectivity index (χ2v) is 3.15. The summed E-state index contributed by atoms with van der Waals surface area (Å²) in [5, 5.41) is 0. The Kier molecular flexibility index (Phi) is 2.43. The molecule has 0 amide bonds. The second kappa shape index (κ2) is 3.90. The fourth-order valence-electron chi connectivity index (χ4n) is 0.890. The van der Waals surface area contributed by atoms with E-state index in [0.717, 1.165) is 17.1 Å². The molecule has 0 spiro atoms. The first-order valence-corrected chi connectivity index (χ1v) is 4.66. The van der Waals surface area contributed by atoms with Gasteiger partial charge < -0.3 is 4.42 Å². The van der Waals surface area contributed by atoms with E-state index >= 15 is 0 Å². The largest absolute Gasteiger partial charge is 0.415 e. The minimum atomic E-state index is -0.428. The molecule has 0 radical (unpaired) electrons. The van der Waals surface area contributed by atoms with Crippen molar-refractivity contribution >= 4 is 11.5 Å². The highest BCUT2D eigenvalue weighted by Gasteiger charge is 1.94. The highest BCUT2D eigenvalue weighted by atomic mass is 32.1. The Bertz CT molecular complexity index is 530. The van der Waals surface area contributed by atoms with E-state index in [1.54, 1.807) is 0 Å². The molecule has 3 nitrogen and oxygen atoms in total. The van der Waals surface area contributed by atoms with Gasteiger partial charge in [0.15, 0.2) is 0 Å². The summed E-state index contributed by atoms with van der Waals surface area (Å²) in [6.45, 7) is 0. The molecule has 0 atom stereocenters. The van der Waals surface area contributed by atoms with Crippen LogP contribution in [0.3, 0.4) is 0 Å². The van der Waals surface area contributed by atoms with Gasteiger partial charge in [-0.15, -0.1) is 4.37 Å². The fraction of sp³-hybridized carbons (Fsp3) is 0. The van der Waals surface area contributed by atoms with Gasteiger partial charge in [0, 0.05) is 5.56 Å². The van der Waals surface area contributed by atoms with E-state index in [1.165, 1.54) is 0 Å². The zero-order chi connectivity index (χ0) is 9.80. The van der Waals surface area contributed by atoms with Crippen molar-refractivity contribution in [1.82, 2.24) is 4.37 Å². The van der Waals surface area contributed by atoms with Gasteiger partial charge in [0.05, 0.1) is 11.5 Å². The molecule has 0 aliphatic heterocycles. The minimum Gasteiger partial charge on any atom is -0.386 e. The summed E-state index contributed by atoms with van der Waals surface area (Å²) < 4.78 is 8.40. The van der Waals surface area contributed by atoms with Crippen molar-refractivity contribution in [2.45, 2.75) is 0 Å². The van der Waals surface area contributed by atoms with E-state index in [9.17, 15) is 4.79 Å². The van der Waals surface area contributed by atoms with Crippen LogP contribution in [0.15, 0.2) is 39.5 Å². The Morgan fingerprint density at radius 1 is 1.21 bits per heavy atom. The van der Waals surface area contributed by atoms with Crippen molar-refractivity contribution in [3.05, 3.63) is 51.5 Å². The van der Waals surface area contributed by atoms with Crippen LogP contribution in [0.25, 0.3) is 0 Å². The van der Waals surface area contributed by atoms with Crippen molar-refractivity contribution in [2.24, 2.45) is 0 Å². The lowest BCUT2D eigenvalue weighted by molar-refractivity contribution is 0.513. The summed E-state index contributed by atoms with van der Waals surface area (Å²) >= 11 is 0.765. The molecule has 4 heteroatoms. The Labute approximate surface area is 84.2 Å². The average molecular weight is 203 g/mol. The van der Waals surface area contributed by atoms with E-state index in [1.807, 2.05) is 30.3 Å². The van der Waals surface area contributed by atoms with Gasteiger partial charge in [-0.25, -0.2) is 4.79 Å². The predicted octanol–water partition coefficient (Wildman–Crippen LogP) is 1.50. The first-order chi connectivity index (χ1) is 6.84. The van der Waals surface area contributed by atoms with Crippen LogP contribution in [0.1, 0.15) is 11.5 Å². The maximum absolute atomic E-state index is 10.6. The Morgan fingerprint density at radius 2 is 2.00 bits per heavy atom. The third-order valence-corrected chi connectivity index (χ3v) is 1.96. The summed E-state index contributed by atoms with van der Waals surface area (Å²) in [6, 6.07) is 9.44. The molecule has 0 aliphatic carbocycles. The average Bonchev–Trinajstić information content (AvgIpc) is 2.63. The van der Waals surface area contributed by atoms with Crippen LogP contribution in [0, 0.1) is 11.8 Å². The number of aromatic nitrogens is 1. The lowest BCUT2D eigenvalue weighted by atomic mass is 10.2. The molecule has 0 saturated carbocycles. The van der Waals surface area contributed by atoms with Gasteiger partial charge in [-0.3, -0.25) is 0 Å². The molecule has 0 fully saturated rings. The molecule has 0 unspecified atom stereocenters. The quantitative estimate of drug-likeness (QED) is 0.609. The molecule has 2 aromatic rings. The SMILES string of the molecule is O=c1oc(C#Cc2ccccc2)ns1. The van der Waals surface area contributed by atoms with Crippen molar-refractivity contribution in [2.75, 3.05) is 0 Å². The van der Waals surface area contributed by atoms with Gasteiger partial charge in [-0.05, 0) is 18.1 Å². The van der Waals surface area contributed by atoms with E-state index in [-0.39, 0.29) is 5.89 Å². The molecule has 1 aromatic heterocycles. The molecular formula is C10H5NO2S. The summed E-state index contributed by atoms with van der Waals surface area (Å²) in [6.07, 6.45) is 0. The zero-order valence-corrected chi connectivity index (χ0v) is 7.88. The monoisotopic (exact) mass is 203 g/mol. The van der Waals surface area contributed by atoms with Crippen LogP contribution >= 0.6 is 11.5 Å². The zero-order valence-electron chi connectivity index (χ0n) is 7.06. The van der Waals surface area contributed by atoms with Crippen molar-refractivity contribution < 1.29 is 4.42 Å². The van der Waals surface area contributed by atoms with Crippen LogP contribution in [0.2, 0.25) is 0 Å². The normalized spacial score (nSPS) is 9.14. The van der Waals surface area contributed by atoms with Crippen LogP contribution in [0.5, 0.6) is 0 Å². The molecule has 1 aromatic carbocycles. The van der Waals surface area contributed by atoms with Crippen LogP contribution in [-0.4, -0.2) is 4.37 Å². The number of rotatable bonds is 0. The van der Waals surface area contributed by atoms with E-state index in [0.29, 0.717) is 0 Å². The van der Waals surface area contributed by atoms with Gasteiger partial charge in [-0.2, -0.15) is 0 Å². The van der Waals surface area contributed by atoms with Gasteiger partial charge in [0.2, 0.25) is 0 Å². The third kappa shape index (κ3) is 2.09. The lowest BCUT2D eigenvalue weighted by Crippen LogP contribution is -1.81. The molecular weight excluding hydrogens is 198 g/mol. The molecule has 68 valence electrons. The van der Waals surface area contributed by atoms with Crippen LogP contribution in [-0.2, 0) is 0 Å². The van der Waals surface area contributed by atoms with Gasteiger partial charge in [-0.1, -0.05) is 24.1 Å². The third-order valence-electron chi connectivity index (χ3n) is 1.47. The topological polar surface area (TPSA) is 43.1 Å². The molecule has 0 aliphatic rings. The first-order valence-electron chi connectivity index (χ1n) is 3.88. The Balaban J connectivity index is 2.27. The van der Waals surface area contributed by atoms with E-state index < -0.39 is 4.94 Å². The van der Waals surface area contributed by atoms with E-state index in [4.69, 9.17) is 0 Å². The van der Waals surface area contributed by atoms with Gasteiger partial charge in [0.25, 0.3) is 5.89 Å². The van der Waals surface area contributed by atoms with Crippen molar-refractivity contribution in [3.63, 3.8) is 0 Å². The number of hydrogen-bond donors (Lipinski definition) is 0. The molecule has 14 heavy (non-hydrogen) atoms. The standard InChI is InChI=1S/C10H5NO2S/c12-10-13-9(11-14-10)7-6-8-4-2-1-3-5-8/h1-5H. The van der Waals surface area contributed by atoms with E-state index in [2.05, 4.69) is 20.6 Å². The Hall–Kier alpha value is -1.86. The summed E-state index contributed by atoms with van der Waals surface area (Å²) in [5.74, 6) is 5.67. The molecule has 0 N–H and O–H groups in total. The summed E-state index contributed by atoms with van der Waals surface area (Å²) in [4.78, 5) is 10.2. The van der Waals surface area contributed by atoms with Crippen LogP contribution in [0.4, 0.5) is 0 Å². The molecule has 0 bridgehead atoms. The number of hydrogen-bond acceptors (Lipinski definition) is 4. The van der Waals surface area contributed by atoms with Gasteiger partial charge in [0.1, 0.15) is 0 Å². The maximum Gasteiger partial charge on any atom is 0.415 e. The fourth-order valence-corrected chi connectivity index (χ4v) is 1.25. The first kappa shape index (κ1) is 8.73. The molecule has 2 rings (SSSR count). The van der Waals surface area contributed by atoms with Crippen molar-refractivity contribution in [1.29, 1.82) is 0 Å². The number of nitrogens with zero attached hydrogens (tertiary/aromatic N) is 1. The lowest BCUT2D eigenvalue weighted by Gasteiger charge is -1.84. The summed E-state index contributed by atoms with van der Waals surface area (Å²) in [5.41, 5.74) is 0.864. The smallest absolute Gasteiger partial charge is 0.386 e. The number of benzene rings is 1. The second-order valence-electron chi connectivity index (χ2n) is 2.46.